The molecule has 0 bridgehead atoms. The minimum absolute atomic E-state index is 0.118. The Kier molecular flexibility index (Phi) is 6.38. The van der Waals surface area contributed by atoms with Gasteiger partial charge in [0.2, 0.25) is 0 Å². The molecule has 0 saturated carbocycles. The van der Waals surface area contributed by atoms with Crippen molar-refractivity contribution in [2.75, 3.05) is 7.05 Å². The molecule has 0 atom stereocenters. The largest absolute Gasteiger partial charge is 0.377 e. The van der Waals surface area contributed by atoms with Gasteiger partial charge in [0.15, 0.2) is 5.17 Å². The highest BCUT2D eigenvalue weighted by Gasteiger charge is 2.01. The minimum Gasteiger partial charge on any atom is -0.377 e. The molecular formula is C17H18N4OS. The molecule has 23 heavy (non-hydrogen) atoms. The third-order valence-electron chi connectivity index (χ3n) is 2.99. The normalized spacial score (nSPS) is 11.6. The van der Waals surface area contributed by atoms with Crippen LogP contribution in [0.1, 0.15) is 21.5 Å². The van der Waals surface area contributed by atoms with E-state index in [1.54, 1.807) is 37.5 Å². The Hall–Kier alpha value is -2.60. The lowest BCUT2D eigenvalue weighted by Gasteiger charge is -2.00. The molecule has 0 fully saturated rings. The van der Waals surface area contributed by atoms with Gasteiger partial charge in [-0.1, -0.05) is 54.2 Å². The summed E-state index contributed by atoms with van der Waals surface area (Å²) >= 11 is 1.44. The van der Waals surface area contributed by atoms with Crippen LogP contribution in [0.25, 0.3) is 0 Å². The topological polar surface area (TPSA) is 79.8 Å². The number of nitrogens with zero attached hydrogens (tertiary/aromatic N) is 2. The van der Waals surface area contributed by atoms with Crippen molar-refractivity contribution < 1.29 is 4.79 Å². The fourth-order valence-corrected chi connectivity index (χ4v) is 2.39. The van der Waals surface area contributed by atoms with Gasteiger partial charge in [0.1, 0.15) is 0 Å². The van der Waals surface area contributed by atoms with Crippen molar-refractivity contribution in [3.05, 3.63) is 71.3 Å². The van der Waals surface area contributed by atoms with Gasteiger partial charge < -0.3 is 11.1 Å². The average Bonchev–Trinajstić information content (AvgIpc) is 2.61. The number of carbonyl (C=O) groups excluding carboxylic acids is 1. The number of hydrogen-bond donors (Lipinski definition) is 2. The lowest BCUT2D eigenvalue weighted by atomic mass is 10.1. The van der Waals surface area contributed by atoms with Crippen LogP contribution in [0, 0.1) is 0 Å². The maximum Gasteiger partial charge on any atom is 0.251 e. The smallest absolute Gasteiger partial charge is 0.251 e. The summed E-state index contributed by atoms with van der Waals surface area (Å²) in [7, 11) is 1.60. The number of nitrogens with two attached hydrogens (primary N) is 1. The molecular weight excluding hydrogens is 308 g/mol. The third kappa shape index (κ3) is 5.60. The molecule has 3 N–H and O–H groups in total. The maximum absolute atomic E-state index is 11.4. The molecule has 0 aliphatic carbocycles. The fourth-order valence-electron chi connectivity index (χ4n) is 1.78. The Labute approximate surface area is 139 Å². The summed E-state index contributed by atoms with van der Waals surface area (Å²) in [6.45, 7) is 0. The number of nitrogens with one attached hydrogen (secondary N) is 1. The van der Waals surface area contributed by atoms with Crippen molar-refractivity contribution >= 4 is 29.1 Å². The number of benzene rings is 2. The molecule has 2 aromatic rings. The van der Waals surface area contributed by atoms with Crippen LogP contribution in [0.15, 0.2) is 64.8 Å². The van der Waals surface area contributed by atoms with Crippen molar-refractivity contribution in [2.24, 2.45) is 15.9 Å². The second-order valence-electron chi connectivity index (χ2n) is 4.66. The monoisotopic (exact) mass is 326 g/mol. The van der Waals surface area contributed by atoms with Crippen LogP contribution in [0.3, 0.4) is 0 Å². The Balaban J connectivity index is 1.88. The standard InChI is InChI=1S/C17H18N4OS/c1-19-16(22)15-9-7-13(8-10-15)11-20-21-17(18)23-12-14-5-3-2-4-6-14/h2-11H,12H2,1H3,(H2,18,21)(H,19,22). The Morgan fingerprint density at radius 1 is 1.17 bits per heavy atom. The predicted octanol–water partition coefficient (Wildman–Crippen LogP) is 2.63. The van der Waals surface area contributed by atoms with E-state index in [1.807, 2.05) is 30.3 Å². The number of amidine groups is 1. The van der Waals surface area contributed by atoms with Gasteiger partial charge in [0.25, 0.3) is 5.91 Å². The van der Waals surface area contributed by atoms with E-state index in [0.29, 0.717) is 10.7 Å². The molecule has 0 radical (unpaired) electrons. The molecule has 0 aliphatic rings. The highest BCUT2D eigenvalue weighted by atomic mass is 32.2. The lowest BCUT2D eigenvalue weighted by Crippen LogP contribution is -2.17. The molecule has 2 aromatic carbocycles. The number of hydrogen-bond acceptors (Lipinski definition) is 4. The van der Waals surface area contributed by atoms with Gasteiger partial charge >= 0.3 is 0 Å². The van der Waals surface area contributed by atoms with Crippen LogP contribution in [0.5, 0.6) is 0 Å². The van der Waals surface area contributed by atoms with Gasteiger partial charge in [-0.15, -0.1) is 5.10 Å². The quantitative estimate of drug-likeness (QED) is 0.503. The number of rotatable bonds is 5. The molecule has 6 heteroatoms. The van der Waals surface area contributed by atoms with E-state index in [-0.39, 0.29) is 5.91 Å². The van der Waals surface area contributed by atoms with Crippen LogP contribution in [0.2, 0.25) is 0 Å². The lowest BCUT2D eigenvalue weighted by molar-refractivity contribution is 0.0963. The number of carbonyl (C=O) groups is 1. The zero-order chi connectivity index (χ0) is 16.5. The van der Waals surface area contributed by atoms with Gasteiger partial charge in [-0.2, -0.15) is 5.10 Å². The molecule has 2 rings (SSSR count). The maximum atomic E-state index is 11.4. The summed E-state index contributed by atoms with van der Waals surface area (Å²) in [6, 6.07) is 17.1. The van der Waals surface area contributed by atoms with Crippen molar-refractivity contribution in [2.45, 2.75) is 5.75 Å². The van der Waals surface area contributed by atoms with Crippen molar-refractivity contribution in [3.63, 3.8) is 0 Å². The van der Waals surface area contributed by atoms with Gasteiger partial charge in [0, 0.05) is 18.4 Å². The summed E-state index contributed by atoms with van der Waals surface area (Å²) in [6.07, 6.45) is 1.60. The van der Waals surface area contributed by atoms with Crippen LogP contribution in [0.4, 0.5) is 0 Å². The van der Waals surface area contributed by atoms with Crippen LogP contribution < -0.4 is 11.1 Å². The van der Waals surface area contributed by atoms with Crippen molar-refractivity contribution in [3.8, 4) is 0 Å². The van der Waals surface area contributed by atoms with E-state index in [9.17, 15) is 4.79 Å². The van der Waals surface area contributed by atoms with Crippen molar-refractivity contribution in [1.29, 1.82) is 0 Å². The van der Waals surface area contributed by atoms with Gasteiger partial charge in [-0.25, -0.2) is 0 Å². The van der Waals surface area contributed by atoms with E-state index in [4.69, 9.17) is 5.73 Å². The fraction of sp³-hybridized carbons (Fsp3) is 0.118. The van der Waals surface area contributed by atoms with Gasteiger partial charge in [0.05, 0.1) is 6.21 Å². The minimum atomic E-state index is -0.118. The van der Waals surface area contributed by atoms with Crippen LogP contribution in [-0.2, 0) is 5.75 Å². The Morgan fingerprint density at radius 3 is 2.52 bits per heavy atom. The molecule has 118 valence electrons. The second-order valence-corrected chi connectivity index (χ2v) is 5.65. The first-order chi connectivity index (χ1) is 11.2. The molecule has 0 spiro atoms. The van der Waals surface area contributed by atoms with Crippen LogP contribution in [-0.4, -0.2) is 24.3 Å². The summed E-state index contributed by atoms with van der Waals surface area (Å²) in [4.78, 5) is 11.4. The summed E-state index contributed by atoms with van der Waals surface area (Å²) in [5.41, 5.74) is 8.45. The Bertz CT molecular complexity index is 696. The molecule has 0 saturated heterocycles. The van der Waals surface area contributed by atoms with E-state index in [1.165, 1.54) is 17.3 Å². The number of amides is 1. The highest BCUT2D eigenvalue weighted by Crippen LogP contribution is 2.11. The molecule has 5 nitrogen and oxygen atoms in total. The Morgan fingerprint density at radius 2 is 1.87 bits per heavy atom. The van der Waals surface area contributed by atoms with E-state index in [0.717, 1.165) is 11.3 Å². The van der Waals surface area contributed by atoms with Crippen molar-refractivity contribution in [1.82, 2.24) is 5.32 Å². The SMILES string of the molecule is CNC(=O)c1ccc(C=NN=C(N)SCc2ccccc2)cc1. The predicted molar refractivity (Wildman–Crippen MR) is 96.8 cm³/mol. The molecule has 0 aliphatic heterocycles. The van der Waals surface area contributed by atoms with Gasteiger partial charge in [-0.3, -0.25) is 4.79 Å². The van der Waals surface area contributed by atoms with E-state index < -0.39 is 0 Å². The first-order valence-electron chi connectivity index (χ1n) is 7.04. The summed E-state index contributed by atoms with van der Waals surface area (Å²) in [5.74, 6) is 0.639. The summed E-state index contributed by atoms with van der Waals surface area (Å²) in [5, 5.41) is 10.9. The summed E-state index contributed by atoms with van der Waals surface area (Å²) < 4.78 is 0. The van der Waals surface area contributed by atoms with Crippen LogP contribution >= 0.6 is 11.8 Å². The first-order valence-corrected chi connectivity index (χ1v) is 8.03. The second kappa shape index (κ2) is 8.75. The van der Waals surface area contributed by atoms with Gasteiger partial charge in [-0.05, 0) is 23.3 Å². The van der Waals surface area contributed by atoms with E-state index in [2.05, 4.69) is 15.5 Å². The molecule has 1 amide bonds. The average molecular weight is 326 g/mol. The number of thioether (sulfide) groups is 1. The van der Waals surface area contributed by atoms with E-state index >= 15 is 0 Å². The molecule has 0 heterocycles. The molecule has 0 aromatic heterocycles. The first kappa shape index (κ1) is 16.8. The third-order valence-corrected chi connectivity index (χ3v) is 3.85. The zero-order valence-electron chi connectivity index (χ0n) is 12.8. The highest BCUT2D eigenvalue weighted by molar-refractivity contribution is 8.13. The zero-order valence-corrected chi connectivity index (χ0v) is 13.6. The molecule has 0 unspecified atom stereocenters.